The smallest absolute Gasteiger partial charge is 0.282 e. The number of hydrogen-bond donors (Lipinski definition) is 2. The van der Waals surface area contributed by atoms with Gasteiger partial charge >= 0.3 is 0 Å². The summed E-state index contributed by atoms with van der Waals surface area (Å²) in [5.74, 6) is 0.835. The Hall–Kier alpha value is -1.64. The fourth-order valence-electron chi connectivity index (χ4n) is 1.15. The summed E-state index contributed by atoms with van der Waals surface area (Å²) in [6, 6.07) is 6.71. The van der Waals surface area contributed by atoms with Crippen LogP contribution in [0.1, 0.15) is 5.82 Å². The molecule has 1 aromatic carbocycles. The number of aromatic amines is 1. The van der Waals surface area contributed by atoms with Gasteiger partial charge in [-0.25, -0.2) is 13.6 Å². The molecule has 0 amide bonds. The zero-order valence-electron chi connectivity index (χ0n) is 9.00. The molecular formula is C9H9ClN4O3S. The highest BCUT2D eigenvalue weighted by Crippen LogP contribution is 2.16. The third-order valence-electron chi connectivity index (χ3n) is 1.95. The summed E-state index contributed by atoms with van der Waals surface area (Å²) in [7, 11) is -3.90. The standard InChI is InChI=1S/C9H9ClN4O3S/c10-6-1-3-7(4-2-6)17-5-8-12-9(14-13-8)18(11,15)16/h1-4H,5H2,(H2,11,15,16)(H,12,13,14). The first-order valence-electron chi connectivity index (χ1n) is 4.77. The lowest BCUT2D eigenvalue weighted by atomic mass is 10.3. The van der Waals surface area contributed by atoms with Gasteiger partial charge in [0.15, 0.2) is 5.82 Å². The highest BCUT2D eigenvalue weighted by atomic mass is 35.5. The highest BCUT2D eigenvalue weighted by Gasteiger charge is 2.14. The minimum atomic E-state index is -3.90. The second kappa shape index (κ2) is 4.92. The van der Waals surface area contributed by atoms with Crippen molar-refractivity contribution < 1.29 is 13.2 Å². The van der Waals surface area contributed by atoms with Gasteiger partial charge in [-0.1, -0.05) is 11.6 Å². The lowest BCUT2D eigenvalue weighted by molar-refractivity contribution is 0.296. The van der Waals surface area contributed by atoms with Crippen LogP contribution in [-0.4, -0.2) is 23.6 Å². The van der Waals surface area contributed by atoms with E-state index in [0.717, 1.165) is 0 Å². The van der Waals surface area contributed by atoms with Gasteiger partial charge in [-0.3, -0.25) is 5.10 Å². The number of nitrogens with two attached hydrogens (primary N) is 1. The van der Waals surface area contributed by atoms with Crippen LogP contribution in [0.5, 0.6) is 5.75 Å². The minimum Gasteiger partial charge on any atom is -0.486 e. The largest absolute Gasteiger partial charge is 0.486 e. The number of benzene rings is 1. The second-order valence-corrected chi connectivity index (χ2v) is 5.24. The van der Waals surface area contributed by atoms with E-state index in [1.54, 1.807) is 24.3 Å². The normalized spacial score (nSPS) is 11.4. The molecule has 7 nitrogen and oxygen atoms in total. The van der Waals surface area contributed by atoms with Crippen LogP contribution in [0, 0.1) is 0 Å². The third kappa shape index (κ3) is 3.19. The Morgan fingerprint density at radius 1 is 1.33 bits per heavy atom. The minimum absolute atomic E-state index is 0.0458. The van der Waals surface area contributed by atoms with Crippen molar-refractivity contribution in [2.45, 2.75) is 11.8 Å². The van der Waals surface area contributed by atoms with E-state index in [4.69, 9.17) is 21.5 Å². The van der Waals surface area contributed by atoms with E-state index in [-0.39, 0.29) is 12.4 Å². The number of nitrogens with zero attached hydrogens (tertiary/aromatic N) is 2. The predicted octanol–water partition coefficient (Wildman–Crippen LogP) is 0.685. The first-order valence-corrected chi connectivity index (χ1v) is 6.70. The molecule has 0 bridgehead atoms. The van der Waals surface area contributed by atoms with Crippen molar-refractivity contribution in [3.63, 3.8) is 0 Å². The Kier molecular flexibility index (Phi) is 3.50. The van der Waals surface area contributed by atoms with E-state index < -0.39 is 15.2 Å². The van der Waals surface area contributed by atoms with Gasteiger partial charge < -0.3 is 4.74 Å². The van der Waals surface area contributed by atoms with Crippen LogP contribution >= 0.6 is 11.6 Å². The molecule has 0 fully saturated rings. The number of halogens is 1. The van der Waals surface area contributed by atoms with Crippen LogP contribution in [0.25, 0.3) is 0 Å². The van der Waals surface area contributed by atoms with Gasteiger partial charge in [-0.15, -0.1) is 5.10 Å². The van der Waals surface area contributed by atoms with Crippen molar-refractivity contribution in [1.29, 1.82) is 0 Å². The van der Waals surface area contributed by atoms with Crippen LogP contribution in [0.4, 0.5) is 0 Å². The first kappa shape index (κ1) is 12.8. The molecule has 2 rings (SSSR count). The molecule has 18 heavy (non-hydrogen) atoms. The number of ether oxygens (including phenoxy) is 1. The molecule has 0 aliphatic heterocycles. The van der Waals surface area contributed by atoms with Crippen molar-refractivity contribution >= 4 is 21.6 Å². The van der Waals surface area contributed by atoms with E-state index in [9.17, 15) is 8.42 Å². The number of primary sulfonamides is 1. The van der Waals surface area contributed by atoms with Crippen LogP contribution < -0.4 is 9.88 Å². The van der Waals surface area contributed by atoms with Crippen molar-refractivity contribution in [3.05, 3.63) is 35.1 Å². The molecule has 1 heterocycles. The van der Waals surface area contributed by atoms with Crippen molar-refractivity contribution in [3.8, 4) is 5.75 Å². The molecule has 0 unspecified atom stereocenters. The number of nitrogens with one attached hydrogen (secondary N) is 1. The van der Waals surface area contributed by atoms with Gasteiger partial charge in [0.25, 0.3) is 15.2 Å². The van der Waals surface area contributed by atoms with Crippen LogP contribution in [0.3, 0.4) is 0 Å². The van der Waals surface area contributed by atoms with Gasteiger partial charge in [0.05, 0.1) is 0 Å². The molecule has 3 N–H and O–H groups in total. The molecule has 1 aromatic heterocycles. The molecule has 0 atom stereocenters. The summed E-state index contributed by atoms with van der Waals surface area (Å²) in [5, 5.41) is 10.9. The molecule has 2 aromatic rings. The zero-order chi connectivity index (χ0) is 13.2. The molecule has 9 heteroatoms. The lowest BCUT2D eigenvalue weighted by Crippen LogP contribution is -2.14. The average Bonchev–Trinajstić information content (AvgIpc) is 2.77. The number of hydrogen-bond acceptors (Lipinski definition) is 5. The second-order valence-electron chi connectivity index (χ2n) is 3.35. The maximum atomic E-state index is 10.9. The van der Waals surface area contributed by atoms with Crippen LogP contribution in [0.15, 0.2) is 29.4 Å². The van der Waals surface area contributed by atoms with Crippen LogP contribution in [0.2, 0.25) is 5.02 Å². The Bertz CT molecular complexity index is 638. The number of sulfonamides is 1. The van der Waals surface area contributed by atoms with E-state index in [0.29, 0.717) is 10.8 Å². The maximum absolute atomic E-state index is 10.9. The molecule has 0 spiro atoms. The van der Waals surface area contributed by atoms with Gasteiger partial charge in [-0.05, 0) is 24.3 Å². The molecule has 0 aliphatic rings. The van der Waals surface area contributed by atoms with E-state index in [2.05, 4.69) is 15.2 Å². The van der Waals surface area contributed by atoms with E-state index in [1.165, 1.54) is 0 Å². The quantitative estimate of drug-likeness (QED) is 0.859. The van der Waals surface area contributed by atoms with Crippen LogP contribution in [-0.2, 0) is 16.6 Å². The van der Waals surface area contributed by atoms with E-state index >= 15 is 0 Å². The van der Waals surface area contributed by atoms with Crippen molar-refractivity contribution in [2.24, 2.45) is 5.14 Å². The summed E-state index contributed by atoms with van der Waals surface area (Å²) in [6.07, 6.45) is 0. The highest BCUT2D eigenvalue weighted by molar-refractivity contribution is 7.89. The first-order chi connectivity index (χ1) is 8.45. The molecule has 0 aliphatic carbocycles. The summed E-state index contributed by atoms with van der Waals surface area (Å²) in [4.78, 5) is 3.68. The molecule has 96 valence electrons. The van der Waals surface area contributed by atoms with Gasteiger partial charge in [-0.2, -0.15) is 4.98 Å². The number of rotatable bonds is 4. The Balaban J connectivity index is 2.03. The average molecular weight is 289 g/mol. The molecule has 0 saturated carbocycles. The topological polar surface area (TPSA) is 111 Å². The molecule has 0 radical (unpaired) electrons. The van der Waals surface area contributed by atoms with Gasteiger partial charge in [0, 0.05) is 5.02 Å². The Morgan fingerprint density at radius 2 is 2.00 bits per heavy atom. The van der Waals surface area contributed by atoms with Gasteiger partial charge in [0.2, 0.25) is 0 Å². The molecule has 0 saturated heterocycles. The summed E-state index contributed by atoms with van der Waals surface area (Å²) >= 11 is 5.72. The predicted molar refractivity (Wildman–Crippen MR) is 63.5 cm³/mol. The monoisotopic (exact) mass is 288 g/mol. The number of aromatic nitrogens is 3. The number of H-pyrrole nitrogens is 1. The summed E-state index contributed by atoms with van der Waals surface area (Å²) in [6.45, 7) is 0.0458. The van der Waals surface area contributed by atoms with E-state index in [1.807, 2.05) is 0 Å². The lowest BCUT2D eigenvalue weighted by Gasteiger charge is -2.02. The summed E-state index contributed by atoms with van der Waals surface area (Å²) in [5.41, 5.74) is 0. The zero-order valence-corrected chi connectivity index (χ0v) is 10.6. The third-order valence-corrected chi connectivity index (χ3v) is 2.90. The fourth-order valence-corrected chi connectivity index (χ4v) is 1.69. The maximum Gasteiger partial charge on any atom is 0.282 e. The van der Waals surface area contributed by atoms with Crippen molar-refractivity contribution in [1.82, 2.24) is 15.2 Å². The Morgan fingerprint density at radius 3 is 2.56 bits per heavy atom. The fraction of sp³-hybridized carbons (Fsp3) is 0.111. The van der Waals surface area contributed by atoms with Gasteiger partial charge in [0.1, 0.15) is 12.4 Å². The Labute approximate surface area is 108 Å². The van der Waals surface area contributed by atoms with Crippen molar-refractivity contribution in [2.75, 3.05) is 0 Å². The SMILES string of the molecule is NS(=O)(=O)c1n[nH]c(COc2ccc(Cl)cc2)n1. The molecular weight excluding hydrogens is 280 g/mol. The summed E-state index contributed by atoms with van der Waals surface area (Å²) < 4.78 is 27.2.